The van der Waals surface area contributed by atoms with E-state index in [0.717, 1.165) is 25.7 Å². The van der Waals surface area contributed by atoms with E-state index in [4.69, 9.17) is 0 Å². The smallest absolute Gasteiger partial charge is 0.171 e. The number of hydrogen-bond acceptors (Lipinski definition) is 2. The third-order valence-electron chi connectivity index (χ3n) is 1.73. The van der Waals surface area contributed by atoms with Crippen molar-refractivity contribution in [2.45, 2.75) is 25.7 Å². The number of allylic oxidation sites excluding steroid dienone is 2. The number of rotatable bonds is 1. The van der Waals surface area contributed by atoms with Crippen LogP contribution in [0.4, 0.5) is 0 Å². The Morgan fingerprint density at radius 1 is 1.40 bits per heavy atom. The monoisotopic (exact) mass is 160 g/mol. The van der Waals surface area contributed by atoms with E-state index in [1.54, 1.807) is 0 Å². The zero-order chi connectivity index (χ0) is 7.61. The van der Waals surface area contributed by atoms with E-state index in [9.17, 15) is 8.42 Å². The Balaban J connectivity index is 2.82. The molecule has 0 aromatic rings. The van der Waals surface area contributed by atoms with Gasteiger partial charge in [-0.15, -0.1) is 0 Å². The molecule has 58 valence electrons. The van der Waals surface area contributed by atoms with E-state index in [2.05, 4.69) is 0 Å². The van der Waals surface area contributed by atoms with Crippen LogP contribution in [-0.2, 0) is 9.84 Å². The van der Waals surface area contributed by atoms with Crippen molar-refractivity contribution in [3.8, 4) is 0 Å². The second-order valence-corrected chi connectivity index (χ2v) is 4.76. The maximum atomic E-state index is 10.9. The van der Waals surface area contributed by atoms with Crippen molar-refractivity contribution in [2.24, 2.45) is 0 Å². The van der Waals surface area contributed by atoms with Crippen LogP contribution in [0.25, 0.3) is 0 Å². The molecule has 0 unspecified atom stereocenters. The van der Waals surface area contributed by atoms with Crippen LogP contribution in [0.15, 0.2) is 11.0 Å². The highest BCUT2D eigenvalue weighted by Crippen LogP contribution is 2.20. The van der Waals surface area contributed by atoms with Gasteiger partial charge in [-0.05, 0) is 25.7 Å². The Kier molecular flexibility index (Phi) is 2.14. The van der Waals surface area contributed by atoms with Gasteiger partial charge in [-0.2, -0.15) is 0 Å². The van der Waals surface area contributed by atoms with Crippen LogP contribution in [0.5, 0.6) is 0 Å². The molecule has 0 N–H and O–H groups in total. The molecule has 0 radical (unpaired) electrons. The predicted octanol–water partition coefficient (Wildman–Crippen LogP) is 1.49. The lowest BCUT2D eigenvalue weighted by Crippen LogP contribution is -2.03. The fourth-order valence-electron chi connectivity index (χ4n) is 1.15. The van der Waals surface area contributed by atoms with Crippen molar-refractivity contribution >= 4 is 9.84 Å². The molecular weight excluding hydrogens is 148 g/mol. The quantitative estimate of drug-likeness (QED) is 0.582. The van der Waals surface area contributed by atoms with Crippen LogP contribution >= 0.6 is 0 Å². The van der Waals surface area contributed by atoms with E-state index >= 15 is 0 Å². The molecule has 0 aromatic heterocycles. The summed E-state index contributed by atoms with van der Waals surface area (Å²) < 4.78 is 21.8. The first-order valence-corrected chi connectivity index (χ1v) is 5.39. The van der Waals surface area contributed by atoms with Gasteiger partial charge in [-0.3, -0.25) is 0 Å². The van der Waals surface area contributed by atoms with Crippen molar-refractivity contribution < 1.29 is 8.42 Å². The Hall–Kier alpha value is -0.310. The van der Waals surface area contributed by atoms with E-state index in [-0.39, 0.29) is 0 Å². The fraction of sp³-hybridized carbons (Fsp3) is 0.714. The molecule has 1 aliphatic carbocycles. The zero-order valence-electron chi connectivity index (χ0n) is 6.13. The molecule has 0 spiro atoms. The van der Waals surface area contributed by atoms with Crippen LogP contribution in [-0.4, -0.2) is 14.7 Å². The van der Waals surface area contributed by atoms with E-state index < -0.39 is 9.84 Å². The minimum absolute atomic E-state index is 0.638. The molecule has 10 heavy (non-hydrogen) atoms. The van der Waals surface area contributed by atoms with Gasteiger partial charge < -0.3 is 0 Å². The lowest BCUT2D eigenvalue weighted by atomic mass is 10.1. The van der Waals surface area contributed by atoms with Crippen molar-refractivity contribution in [3.63, 3.8) is 0 Å². The van der Waals surface area contributed by atoms with E-state index in [0.29, 0.717) is 4.91 Å². The summed E-state index contributed by atoms with van der Waals surface area (Å²) in [5.41, 5.74) is 0. The molecule has 1 rings (SSSR count). The van der Waals surface area contributed by atoms with Crippen molar-refractivity contribution in [3.05, 3.63) is 11.0 Å². The molecule has 0 aromatic carbocycles. The standard InChI is InChI=1S/C7H12O2S/c1-10(8,9)7-5-3-2-4-6-7/h5H,2-4,6H2,1H3. The summed E-state index contributed by atoms with van der Waals surface area (Å²) in [6.45, 7) is 0. The van der Waals surface area contributed by atoms with Crippen LogP contribution in [0.3, 0.4) is 0 Å². The first kappa shape index (κ1) is 7.79. The number of sulfone groups is 1. The molecule has 3 heteroatoms. The molecule has 0 bridgehead atoms. The lowest BCUT2D eigenvalue weighted by Gasteiger charge is -2.09. The first-order valence-electron chi connectivity index (χ1n) is 3.50. The molecule has 0 saturated heterocycles. The topological polar surface area (TPSA) is 34.1 Å². The van der Waals surface area contributed by atoms with Crippen LogP contribution in [0.2, 0.25) is 0 Å². The van der Waals surface area contributed by atoms with E-state index in [1.165, 1.54) is 6.26 Å². The molecule has 0 atom stereocenters. The SMILES string of the molecule is CS(=O)(=O)C1=CCCCC1. The minimum Gasteiger partial charge on any atom is -0.224 e. The van der Waals surface area contributed by atoms with E-state index in [1.807, 2.05) is 6.08 Å². The van der Waals surface area contributed by atoms with Gasteiger partial charge in [0.15, 0.2) is 9.84 Å². The van der Waals surface area contributed by atoms with Crippen LogP contribution in [0, 0.1) is 0 Å². The highest BCUT2D eigenvalue weighted by atomic mass is 32.2. The Labute approximate surface area is 61.9 Å². The van der Waals surface area contributed by atoms with Crippen LogP contribution in [0.1, 0.15) is 25.7 Å². The van der Waals surface area contributed by atoms with Crippen molar-refractivity contribution in [1.29, 1.82) is 0 Å². The second-order valence-electron chi connectivity index (χ2n) is 2.69. The normalized spacial score (nSPS) is 20.3. The van der Waals surface area contributed by atoms with Gasteiger partial charge in [0.2, 0.25) is 0 Å². The van der Waals surface area contributed by atoms with Gasteiger partial charge in [-0.25, -0.2) is 8.42 Å². The van der Waals surface area contributed by atoms with Gasteiger partial charge in [-0.1, -0.05) is 6.08 Å². The molecule has 0 aliphatic heterocycles. The molecule has 0 saturated carbocycles. The van der Waals surface area contributed by atoms with Gasteiger partial charge in [0, 0.05) is 11.2 Å². The number of hydrogen-bond donors (Lipinski definition) is 0. The third-order valence-corrected chi connectivity index (χ3v) is 3.05. The highest BCUT2D eigenvalue weighted by Gasteiger charge is 2.12. The maximum Gasteiger partial charge on any atom is 0.171 e. The zero-order valence-corrected chi connectivity index (χ0v) is 6.95. The summed E-state index contributed by atoms with van der Waals surface area (Å²) in [6, 6.07) is 0. The molecule has 0 amide bonds. The van der Waals surface area contributed by atoms with Gasteiger partial charge in [0.1, 0.15) is 0 Å². The molecular formula is C7H12O2S. The van der Waals surface area contributed by atoms with Crippen molar-refractivity contribution in [2.75, 3.05) is 6.26 Å². The highest BCUT2D eigenvalue weighted by molar-refractivity contribution is 7.94. The predicted molar refractivity (Wildman–Crippen MR) is 41.4 cm³/mol. The summed E-state index contributed by atoms with van der Waals surface area (Å²) in [7, 11) is -2.86. The largest absolute Gasteiger partial charge is 0.224 e. The molecule has 0 fully saturated rings. The Bertz CT molecular complexity index is 236. The summed E-state index contributed by atoms with van der Waals surface area (Å²) in [5.74, 6) is 0. The molecule has 1 aliphatic rings. The fourth-order valence-corrected chi connectivity index (χ4v) is 2.08. The van der Waals surface area contributed by atoms with Gasteiger partial charge >= 0.3 is 0 Å². The first-order chi connectivity index (χ1) is 4.61. The van der Waals surface area contributed by atoms with Gasteiger partial charge in [0.25, 0.3) is 0 Å². The maximum absolute atomic E-state index is 10.9. The molecule has 2 nitrogen and oxygen atoms in total. The average Bonchev–Trinajstić information content (AvgIpc) is 1.88. The Morgan fingerprint density at radius 2 is 2.10 bits per heavy atom. The Morgan fingerprint density at radius 3 is 2.40 bits per heavy atom. The third kappa shape index (κ3) is 1.84. The van der Waals surface area contributed by atoms with Crippen LogP contribution < -0.4 is 0 Å². The summed E-state index contributed by atoms with van der Waals surface area (Å²) >= 11 is 0. The van der Waals surface area contributed by atoms with Gasteiger partial charge in [0.05, 0.1) is 0 Å². The minimum atomic E-state index is -2.86. The average molecular weight is 160 g/mol. The summed E-state index contributed by atoms with van der Waals surface area (Å²) in [6.07, 6.45) is 6.97. The van der Waals surface area contributed by atoms with Crippen molar-refractivity contribution in [1.82, 2.24) is 0 Å². The molecule has 0 heterocycles. The second kappa shape index (κ2) is 2.74. The summed E-state index contributed by atoms with van der Waals surface area (Å²) in [5, 5.41) is 0. The summed E-state index contributed by atoms with van der Waals surface area (Å²) in [4.78, 5) is 0.638. The lowest BCUT2D eigenvalue weighted by molar-refractivity contribution is 0.600.